The van der Waals surface area contributed by atoms with Gasteiger partial charge in [-0.2, -0.15) is 0 Å². The molecule has 0 aromatic carbocycles. The van der Waals surface area contributed by atoms with E-state index < -0.39 is 26.7 Å². The number of primary sulfonamides is 1. The van der Waals surface area contributed by atoms with Gasteiger partial charge in [-0.25, -0.2) is 13.6 Å². The van der Waals surface area contributed by atoms with Crippen LogP contribution in [0.4, 0.5) is 0 Å². The third-order valence-electron chi connectivity index (χ3n) is 2.30. The molecule has 0 aliphatic rings. The lowest BCUT2D eigenvalue weighted by molar-refractivity contribution is 0.0924. The molecule has 0 aliphatic carbocycles. The monoisotopic (exact) mass is 308 g/mol. The van der Waals surface area contributed by atoms with E-state index in [1.165, 1.54) is 6.92 Å². The summed E-state index contributed by atoms with van der Waals surface area (Å²) in [4.78, 5) is 11.5. The maximum absolute atomic E-state index is 11.7. The van der Waals surface area contributed by atoms with Gasteiger partial charge in [0.2, 0.25) is 10.0 Å². The summed E-state index contributed by atoms with van der Waals surface area (Å²) in [6.45, 7) is 1.75. The van der Waals surface area contributed by atoms with E-state index in [0.717, 1.165) is 6.07 Å². The Balaban J connectivity index is 2.66. The van der Waals surface area contributed by atoms with Gasteiger partial charge in [-0.15, -0.1) is 0 Å². The lowest BCUT2D eigenvalue weighted by Crippen LogP contribution is -2.25. The van der Waals surface area contributed by atoms with E-state index in [0.29, 0.717) is 18.7 Å². The summed E-state index contributed by atoms with van der Waals surface area (Å²) >= 11 is 0. The predicted molar refractivity (Wildman–Crippen MR) is 70.7 cm³/mol. The predicted octanol–water partition coefficient (Wildman–Crippen LogP) is -0.266. The van der Waals surface area contributed by atoms with Gasteiger partial charge in [-0.05, 0) is 13.3 Å². The number of sulfonamides is 1. The van der Waals surface area contributed by atoms with Gasteiger partial charge in [-0.3, -0.25) is 9.00 Å². The minimum Gasteiger partial charge on any atom is -0.455 e. The van der Waals surface area contributed by atoms with Crippen LogP contribution in [0.15, 0.2) is 15.4 Å². The van der Waals surface area contributed by atoms with Crippen LogP contribution in [0.2, 0.25) is 0 Å². The molecule has 1 aromatic heterocycles. The minimum absolute atomic E-state index is 0.0716. The number of aryl methyl sites for hydroxylation is 1. The molecule has 0 fully saturated rings. The lowest BCUT2D eigenvalue weighted by Gasteiger charge is -2.01. The lowest BCUT2D eigenvalue weighted by atomic mass is 10.4. The third kappa shape index (κ3) is 4.77. The summed E-state index contributed by atoms with van der Waals surface area (Å²) in [6.07, 6.45) is 2.15. The molecular formula is C10H16N2O5S2. The normalized spacial score (nSPS) is 13.2. The summed E-state index contributed by atoms with van der Waals surface area (Å²) in [5.74, 6) is -0.0822. The Morgan fingerprint density at radius 1 is 1.53 bits per heavy atom. The quantitative estimate of drug-likeness (QED) is 0.701. The van der Waals surface area contributed by atoms with Crippen molar-refractivity contribution in [2.45, 2.75) is 18.2 Å². The minimum atomic E-state index is -3.90. The fraction of sp³-hybridized carbons (Fsp3) is 0.500. The maximum Gasteiger partial charge on any atom is 0.287 e. The highest BCUT2D eigenvalue weighted by Gasteiger charge is 2.20. The van der Waals surface area contributed by atoms with Crippen molar-refractivity contribution >= 4 is 26.7 Å². The Bertz CT molecular complexity index is 591. The molecule has 0 saturated heterocycles. The highest BCUT2D eigenvalue weighted by molar-refractivity contribution is 7.89. The van der Waals surface area contributed by atoms with E-state index in [1.54, 1.807) is 6.26 Å². The second-order valence-corrected chi connectivity index (χ2v) is 7.05. The van der Waals surface area contributed by atoms with E-state index in [2.05, 4.69) is 5.32 Å². The number of hydrogen-bond acceptors (Lipinski definition) is 5. The van der Waals surface area contributed by atoms with E-state index in [1.807, 2.05) is 0 Å². The van der Waals surface area contributed by atoms with Crippen molar-refractivity contribution in [3.8, 4) is 0 Å². The summed E-state index contributed by atoms with van der Waals surface area (Å²) in [7, 11) is -4.80. The number of nitrogens with two attached hydrogens (primary N) is 1. The standard InChI is InChI=1S/C10H16N2O5S2/c1-7-9(19(11,15)16)6-8(17-7)10(13)12-4-3-5-18(2)14/h6H,3-5H2,1-2H3,(H,12,13)(H2,11,15,16). The van der Waals surface area contributed by atoms with Crippen LogP contribution < -0.4 is 10.5 Å². The maximum atomic E-state index is 11.7. The van der Waals surface area contributed by atoms with Gasteiger partial charge in [0.1, 0.15) is 10.7 Å². The number of amides is 1. The smallest absolute Gasteiger partial charge is 0.287 e. The molecule has 0 spiro atoms. The summed E-state index contributed by atoms with van der Waals surface area (Å²) < 4.78 is 38.2. The Labute approximate surface area is 114 Å². The Kier molecular flexibility index (Phi) is 5.27. The largest absolute Gasteiger partial charge is 0.455 e. The zero-order chi connectivity index (χ0) is 14.6. The number of hydrogen-bond donors (Lipinski definition) is 2. The molecule has 19 heavy (non-hydrogen) atoms. The molecule has 3 N–H and O–H groups in total. The second kappa shape index (κ2) is 6.31. The molecule has 1 amide bonds. The topological polar surface area (TPSA) is 119 Å². The van der Waals surface area contributed by atoms with Gasteiger partial charge in [0, 0.05) is 35.4 Å². The van der Waals surface area contributed by atoms with Gasteiger partial charge in [0.25, 0.3) is 5.91 Å². The molecule has 0 radical (unpaired) electrons. The first-order valence-corrected chi connectivity index (χ1v) is 8.70. The molecule has 1 heterocycles. The van der Waals surface area contributed by atoms with Crippen LogP contribution in [-0.2, 0) is 20.8 Å². The van der Waals surface area contributed by atoms with Gasteiger partial charge < -0.3 is 9.73 Å². The van der Waals surface area contributed by atoms with Crippen LogP contribution in [0, 0.1) is 6.92 Å². The van der Waals surface area contributed by atoms with Crippen LogP contribution in [0.1, 0.15) is 22.7 Å². The van der Waals surface area contributed by atoms with E-state index in [-0.39, 0.29) is 16.4 Å². The molecule has 1 unspecified atom stereocenters. The van der Waals surface area contributed by atoms with Crippen LogP contribution in [0.25, 0.3) is 0 Å². The van der Waals surface area contributed by atoms with E-state index in [9.17, 15) is 17.4 Å². The average molecular weight is 308 g/mol. The van der Waals surface area contributed by atoms with Crippen molar-refractivity contribution in [2.24, 2.45) is 5.14 Å². The SMILES string of the molecule is Cc1oc(C(=O)NCCCS(C)=O)cc1S(N)(=O)=O. The Morgan fingerprint density at radius 3 is 2.63 bits per heavy atom. The molecule has 1 rings (SSSR count). The van der Waals surface area contributed by atoms with Crippen molar-refractivity contribution in [3.63, 3.8) is 0 Å². The highest BCUT2D eigenvalue weighted by Crippen LogP contribution is 2.18. The van der Waals surface area contributed by atoms with Crippen LogP contribution in [0.3, 0.4) is 0 Å². The van der Waals surface area contributed by atoms with Crippen molar-refractivity contribution in [3.05, 3.63) is 17.6 Å². The summed E-state index contributed by atoms with van der Waals surface area (Å²) in [5.41, 5.74) is 0. The molecule has 9 heteroatoms. The molecule has 1 atom stereocenters. The number of carbonyl (C=O) groups is 1. The van der Waals surface area contributed by atoms with Crippen molar-refractivity contribution in [1.29, 1.82) is 0 Å². The Morgan fingerprint density at radius 2 is 2.16 bits per heavy atom. The average Bonchev–Trinajstić information content (AvgIpc) is 2.66. The first-order valence-electron chi connectivity index (χ1n) is 5.43. The molecule has 0 aliphatic heterocycles. The van der Waals surface area contributed by atoms with Crippen LogP contribution in [-0.4, -0.2) is 37.1 Å². The van der Waals surface area contributed by atoms with Gasteiger partial charge in [0.05, 0.1) is 0 Å². The fourth-order valence-corrected chi connectivity index (χ4v) is 2.69. The second-order valence-electron chi connectivity index (χ2n) is 3.96. The molecule has 0 bridgehead atoms. The van der Waals surface area contributed by atoms with Gasteiger partial charge in [0.15, 0.2) is 5.76 Å². The fourth-order valence-electron chi connectivity index (χ4n) is 1.42. The molecule has 7 nitrogen and oxygen atoms in total. The zero-order valence-corrected chi connectivity index (χ0v) is 12.3. The number of nitrogens with one attached hydrogen (secondary N) is 1. The molecule has 1 aromatic rings. The molecule has 108 valence electrons. The molecule has 0 saturated carbocycles. The highest BCUT2D eigenvalue weighted by atomic mass is 32.2. The van der Waals surface area contributed by atoms with E-state index in [4.69, 9.17) is 9.56 Å². The summed E-state index contributed by atoms with van der Waals surface area (Å²) in [5, 5.41) is 7.52. The Hall–Kier alpha value is -1.19. The van der Waals surface area contributed by atoms with Crippen LogP contribution >= 0.6 is 0 Å². The number of carbonyl (C=O) groups excluding carboxylic acids is 1. The van der Waals surface area contributed by atoms with Crippen molar-refractivity contribution in [1.82, 2.24) is 5.32 Å². The van der Waals surface area contributed by atoms with Gasteiger partial charge in [-0.1, -0.05) is 0 Å². The summed E-state index contributed by atoms with van der Waals surface area (Å²) in [6, 6.07) is 1.10. The van der Waals surface area contributed by atoms with E-state index >= 15 is 0 Å². The van der Waals surface area contributed by atoms with Crippen LogP contribution in [0.5, 0.6) is 0 Å². The number of rotatable bonds is 6. The van der Waals surface area contributed by atoms with Crippen molar-refractivity contribution in [2.75, 3.05) is 18.6 Å². The molecular weight excluding hydrogens is 292 g/mol. The van der Waals surface area contributed by atoms with Gasteiger partial charge >= 0.3 is 0 Å². The third-order valence-corrected chi connectivity index (χ3v) is 4.18. The number of furan rings is 1. The zero-order valence-electron chi connectivity index (χ0n) is 10.6. The first-order chi connectivity index (χ1) is 8.71. The first kappa shape index (κ1) is 15.9. The van der Waals surface area contributed by atoms with Crippen molar-refractivity contribution < 1.29 is 21.8 Å².